The number of fused-ring (bicyclic) bond motifs is 1. The van der Waals surface area contributed by atoms with Crippen LogP contribution in [-0.4, -0.2) is 22.6 Å². The van der Waals surface area contributed by atoms with E-state index in [1.54, 1.807) is 11.3 Å². The van der Waals surface area contributed by atoms with E-state index in [2.05, 4.69) is 34.8 Å². The zero-order valence-electron chi connectivity index (χ0n) is 10.1. The van der Waals surface area contributed by atoms with Gasteiger partial charge < -0.3 is 10.6 Å². The van der Waals surface area contributed by atoms with Crippen molar-refractivity contribution in [1.29, 1.82) is 0 Å². The second-order valence-electron chi connectivity index (χ2n) is 4.89. The number of anilines is 2. The minimum absolute atomic E-state index is 0.377. The third-order valence-electron chi connectivity index (χ3n) is 3.38. The molecule has 1 saturated heterocycles. The molecule has 4 nitrogen and oxygen atoms in total. The molecule has 2 atom stereocenters. The molecule has 3 rings (SSSR count). The van der Waals surface area contributed by atoms with Crippen molar-refractivity contribution in [2.24, 2.45) is 5.92 Å². The topological polar surface area (TPSA) is 55.0 Å². The lowest BCUT2D eigenvalue weighted by Crippen LogP contribution is -2.28. The zero-order chi connectivity index (χ0) is 12.0. The van der Waals surface area contributed by atoms with Crippen LogP contribution in [0.15, 0.2) is 11.4 Å². The molecule has 2 aromatic heterocycles. The molecule has 0 amide bonds. The van der Waals surface area contributed by atoms with E-state index in [9.17, 15) is 0 Å². The Labute approximate surface area is 104 Å². The Morgan fingerprint density at radius 3 is 2.94 bits per heavy atom. The largest absolute Gasteiger partial charge is 0.368 e. The first-order valence-corrected chi connectivity index (χ1v) is 6.80. The van der Waals surface area contributed by atoms with Crippen LogP contribution in [0.3, 0.4) is 0 Å². The van der Waals surface area contributed by atoms with Gasteiger partial charge >= 0.3 is 0 Å². The summed E-state index contributed by atoms with van der Waals surface area (Å²) in [5.74, 6) is 2.10. The minimum atomic E-state index is 0.377. The highest BCUT2D eigenvalue weighted by molar-refractivity contribution is 7.16. The molecule has 5 heteroatoms. The molecule has 0 aromatic carbocycles. The minimum Gasteiger partial charge on any atom is -0.368 e. The first-order valence-electron chi connectivity index (χ1n) is 5.92. The highest BCUT2D eigenvalue weighted by Crippen LogP contribution is 2.34. The molecule has 1 aliphatic rings. The van der Waals surface area contributed by atoms with Crippen LogP contribution in [-0.2, 0) is 0 Å². The maximum absolute atomic E-state index is 5.79. The Hall–Kier alpha value is -1.36. The third kappa shape index (κ3) is 1.74. The molecule has 2 N–H and O–H groups in total. The molecule has 3 heterocycles. The summed E-state index contributed by atoms with van der Waals surface area (Å²) < 4.78 is 0. The van der Waals surface area contributed by atoms with E-state index in [0.717, 1.165) is 28.5 Å². The van der Waals surface area contributed by atoms with Gasteiger partial charge in [-0.2, -0.15) is 4.98 Å². The lowest BCUT2D eigenvalue weighted by molar-refractivity contribution is 0.625. The maximum Gasteiger partial charge on any atom is 0.223 e. The average Bonchev–Trinajstić information content (AvgIpc) is 2.83. The summed E-state index contributed by atoms with van der Waals surface area (Å²) in [5, 5.41) is 3.18. The number of hydrogen-bond donors (Lipinski definition) is 1. The summed E-state index contributed by atoms with van der Waals surface area (Å²) in [7, 11) is 0. The van der Waals surface area contributed by atoms with E-state index in [0.29, 0.717) is 12.0 Å². The molecule has 0 saturated carbocycles. The van der Waals surface area contributed by atoms with Crippen LogP contribution in [0.25, 0.3) is 10.2 Å². The van der Waals surface area contributed by atoms with Gasteiger partial charge in [-0.15, -0.1) is 11.3 Å². The Morgan fingerprint density at radius 2 is 2.24 bits per heavy atom. The number of aromatic nitrogens is 2. The fraction of sp³-hybridized carbons (Fsp3) is 0.500. The molecule has 90 valence electrons. The van der Waals surface area contributed by atoms with Crippen LogP contribution in [0.2, 0.25) is 0 Å². The average molecular weight is 248 g/mol. The molecule has 0 radical (unpaired) electrons. The summed E-state index contributed by atoms with van der Waals surface area (Å²) in [6, 6.07) is 2.62. The molecule has 17 heavy (non-hydrogen) atoms. The lowest BCUT2D eigenvalue weighted by atomic mass is 10.1. The fourth-order valence-electron chi connectivity index (χ4n) is 2.67. The van der Waals surface area contributed by atoms with Gasteiger partial charge in [0.2, 0.25) is 5.95 Å². The second-order valence-corrected chi connectivity index (χ2v) is 5.78. The highest BCUT2D eigenvalue weighted by Gasteiger charge is 2.28. The van der Waals surface area contributed by atoms with Crippen molar-refractivity contribution in [2.45, 2.75) is 26.3 Å². The molecule has 0 bridgehead atoms. The number of rotatable bonds is 1. The van der Waals surface area contributed by atoms with Gasteiger partial charge in [-0.25, -0.2) is 4.98 Å². The van der Waals surface area contributed by atoms with Crippen molar-refractivity contribution in [1.82, 2.24) is 9.97 Å². The maximum atomic E-state index is 5.79. The van der Waals surface area contributed by atoms with Crippen molar-refractivity contribution in [3.05, 3.63) is 11.4 Å². The Bertz CT molecular complexity index is 550. The number of nitrogen functional groups attached to an aromatic ring is 1. The molecule has 2 aromatic rings. The smallest absolute Gasteiger partial charge is 0.223 e. The van der Waals surface area contributed by atoms with Crippen molar-refractivity contribution >= 4 is 33.3 Å². The Kier molecular flexibility index (Phi) is 2.43. The highest BCUT2D eigenvalue weighted by atomic mass is 32.1. The Balaban J connectivity index is 2.13. The van der Waals surface area contributed by atoms with Crippen LogP contribution in [0.1, 0.15) is 20.3 Å². The van der Waals surface area contributed by atoms with Crippen LogP contribution in [0, 0.1) is 5.92 Å². The molecule has 1 fully saturated rings. The molecular formula is C12H16N4S. The molecular weight excluding hydrogens is 232 g/mol. The summed E-state index contributed by atoms with van der Waals surface area (Å²) in [5.41, 5.74) is 5.79. The van der Waals surface area contributed by atoms with E-state index >= 15 is 0 Å². The van der Waals surface area contributed by atoms with E-state index in [4.69, 9.17) is 5.73 Å². The van der Waals surface area contributed by atoms with Crippen molar-refractivity contribution in [2.75, 3.05) is 17.2 Å². The van der Waals surface area contributed by atoms with Gasteiger partial charge in [0.15, 0.2) is 0 Å². The van der Waals surface area contributed by atoms with E-state index in [1.165, 1.54) is 6.42 Å². The predicted molar refractivity (Wildman–Crippen MR) is 72.4 cm³/mol. The van der Waals surface area contributed by atoms with E-state index < -0.39 is 0 Å². The molecule has 2 unspecified atom stereocenters. The molecule has 1 aliphatic heterocycles. The standard InChI is InChI=1S/C12H16N4S/c1-7-5-8(2)16(6-7)10-9-3-4-17-11(9)15-12(13)14-10/h3-4,7-8H,5-6H2,1-2H3,(H2,13,14,15). The van der Waals surface area contributed by atoms with Gasteiger partial charge in [0.1, 0.15) is 10.6 Å². The van der Waals surface area contributed by atoms with Gasteiger partial charge in [-0.05, 0) is 30.7 Å². The van der Waals surface area contributed by atoms with Crippen LogP contribution >= 0.6 is 11.3 Å². The summed E-state index contributed by atoms with van der Waals surface area (Å²) >= 11 is 1.62. The zero-order valence-corrected chi connectivity index (χ0v) is 10.9. The summed E-state index contributed by atoms with van der Waals surface area (Å²) in [4.78, 5) is 12.1. The number of hydrogen-bond acceptors (Lipinski definition) is 5. The molecule has 0 aliphatic carbocycles. The van der Waals surface area contributed by atoms with Gasteiger partial charge in [-0.1, -0.05) is 6.92 Å². The molecule has 0 spiro atoms. The first-order chi connectivity index (χ1) is 8.15. The van der Waals surface area contributed by atoms with Gasteiger partial charge in [-0.3, -0.25) is 0 Å². The summed E-state index contributed by atoms with van der Waals surface area (Å²) in [6.07, 6.45) is 1.22. The SMILES string of the molecule is CC1CC(C)N(c2nc(N)nc3sccc23)C1. The number of nitrogens with two attached hydrogens (primary N) is 1. The fourth-order valence-corrected chi connectivity index (χ4v) is 3.44. The van der Waals surface area contributed by atoms with E-state index in [1.807, 2.05) is 5.38 Å². The van der Waals surface area contributed by atoms with Gasteiger partial charge in [0, 0.05) is 12.6 Å². The monoisotopic (exact) mass is 248 g/mol. The van der Waals surface area contributed by atoms with E-state index in [-0.39, 0.29) is 0 Å². The first kappa shape index (κ1) is 10.8. The van der Waals surface area contributed by atoms with Crippen LogP contribution in [0.5, 0.6) is 0 Å². The van der Waals surface area contributed by atoms with Gasteiger partial charge in [0.25, 0.3) is 0 Å². The Morgan fingerprint density at radius 1 is 1.41 bits per heavy atom. The van der Waals surface area contributed by atoms with Crippen LogP contribution in [0.4, 0.5) is 11.8 Å². The lowest BCUT2D eigenvalue weighted by Gasteiger charge is -2.23. The van der Waals surface area contributed by atoms with Crippen molar-refractivity contribution in [3.8, 4) is 0 Å². The third-order valence-corrected chi connectivity index (χ3v) is 4.18. The second kappa shape index (κ2) is 3.84. The van der Waals surface area contributed by atoms with Crippen LogP contribution < -0.4 is 10.6 Å². The normalized spacial score (nSPS) is 24.7. The predicted octanol–water partition coefficient (Wildman–Crippen LogP) is 2.51. The van der Waals surface area contributed by atoms with Crippen molar-refractivity contribution < 1.29 is 0 Å². The van der Waals surface area contributed by atoms with Crippen molar-refractivity contribution in [3.63, 3.8) is 0 Å². The number of thiophene rings is 1. The summed E-state index contributed by atoms with van der Waals surface area (Å²) in [6.45, 7) is 5.59. The number of nitrogens with zero attached hydrogens (tertiary/aromatic N) is 3. The quantitative estimate of drug-likeness (QED) is 0.842. The van der Waals surface area contributed by atoms with Gasteiger partial charge in [0.05, 0.1) is 5.39 Å².